The molecule has 0 atom stereocenters. The van der Waals surface area contributed by atoms with Gasteiger partial charge in [-0.2, -0.15) is 0 Å². The average Bonchev–Trinajstić information content (AvgIpc) is 2.32. The molecule has 0 bridgehead atoms. The Bertz CT molecular complexity index is 394. The summed E-state index contributed by atoms with van der Waals surface area (Å²) in [5, 5.41) is 7.38. The Morgan fingerprint density at radius 1 is 1.53 bits per heavy atom. The van der Waals surface area contributed by atoms with Gasteiger partial charge in [-0.15, -0.1) is 0 Å². The maximum Gasteiger partial charge on any atom is 0.141 e. The van der Waals surface area contributed by atoms with E-state index in [0.29, 0.717) is 5.69 Å². The molecule has 1 aliphatic heterocycles. The first kappa shape index (κ1) is 12.0. The van der Waals surface area contributed by atoms with Crippen LogP contribution in [0.2, 0.25) is 0 Å². The molecule has 0 saturated carbocycles. The summed E-state index contributed by atoms with van der Waals surface area (Å²) in [6.45, 7) is 5.59. The molecule has 17 heavy (non-hydrogen) atoms. The fourth-order valence-corrected chi connectivity index (χ4v) is 2.20. The molecule has 1 aromatic heterocycles. The van der Waals surface area contributed by atoms with E-state index in [-0.39, 0.29) is 5.84 Å². The van der Waals surface area contributed by atoms with Crippen molar-refractivity contribution in [2.45, 2.75) is 26.3 Å². The molecule has 92 valence electrons. The van der Waals surface area contributed by atoms with Crippen LogP contribution in [0.5, 0.6) is 0 Å². The molecule has 1 fully saturated rings. The van der Waals surface area contributed by atoms with Gasteiger partial charge in [-0.05, 0) is 49.5 Å². The second kappa shape index (κ2) is 5.27. The molecule has 0 aromatic carbocycles. The highest BCUT2D eigenvalue weighted by Crippen LogP contribution is 2.18. The Morgan fingerprint density at radius 2 is 2.24 bits per heavy atom. The maximum atomic E-state index is 7.38. The summed E-state index contributed by atoms with van der Waals surface area (Å²) in [6.07, 6.45) is 4.30. The lowest BCUT2D eigenvalue weighted by atomic mass is 9.99. The van der Waals surface area contributed by atoms with Crippen LogP contribution in [0.25, 0.3) is 0 Å². The molecule has 1 aromatic rings. The van der Waals surface area contributed by atoms with Crippen LogP contribution in [0.15, 0.2) is 18.3 Å². The molecule has 2 heterocycles. The molecule has 0 radical (unpaired) electrons. The summed E-state index contributed by atoms with van der Waals surface area (Å²) in [5.74, 6) is 0.899. The fraction of sp³-hybridized carbons (Fsp3) is 0.538. The number of amidine groups is 1. The zero-order valence-electron chi connectivity index (χ0n) is 10.3. The highest BCUT2D eigenvalue weighted by atomic mass is 15.1. The number of nitrogen functional groups attached to an aromatic ring is 1. The van der Waals surface area contributed by atoms with Crippen molar-refractivity contribution in [3.63, 3.8) is 0 Å². The molecule has 0 unspecified atom stereocenters. The molecule has 2 rings (SSSR count). The second-order valence-electron chi connectivity index (χ2n) is 4.92. The van der Waals surface area contributed by atoms with Gasteiger partial charge < -0.3 is 5.73 Å². The highest BCUT2D eigenvalue weighted by molar-refractivity contribution is 5.93. The summed E-state index contributed by atoms with van der Waals surface area (Å²) < 4.78 is 0. The van der Waals surface area contributed by atoms with Crippen molar-refractivity contribution in [3.8, 4) is 0 Å². The number of likely N-dealkylation sites (tertiary alicyclic amines) is 1. The van der Waals surface area contributed by atoms with Gasteiger partial charge in [-0.25, -0.2) is 0 Å². The number of hydrogen-bond donors (Lipinski definition) is 2. The van der Waals surface area contributed by atoms with Gasteiger partial charge in [0.25, 0.3) is 0 Å². The van der Waals surface area contributed by atoms with Crippen LogP contribution in [0, 0.1) is 11.3 Å². The van der Waals surface area contributed by atoms with Gasteiger partial charge in [-0.3, -0.25) is 15.3 Å². The molecule has 4 heteroatoms. The third-order valence-corrected chi connectivity index (χ3v) is 3.38. The third-order valence-electron chi connectivity index (χ3n) is 3.38. The Morgan fingerprint density at radius 3 is 2.88 bits per heavy atom. The van der Waals surface area contributed by atoms with E-state index in [9.17, 15) is 0 Å². The lowest BCUT2D eigenvalue weighted by molar-refractivity contribution is 0.185. The van der Waals surface area contributed by atoms with Crippen molar-refractivity contribution in [2.24, 2.45) is 11.7 Å². The Kier molecular flexibility index (Phi) is 3.74. The quantitative estimate of drug-likeness (QED) is 0.614. The van der Waals surface area contributed by atoms with Crippen LogP contribution in [0.1, 0.15) is 31.0 Å². The minimum atomic E-state index is 0.0408. The van der Waals surface area contributed by atoms with Gasteiger partial charge in [0.05, 0.1) is 0 Å². The zero-order chi connectivity index (χ0) is 12.3. The van der Waals surface area contributed by atoms with Crippen molar-refractivity contribution in [1.29, 1.82) is 5.41 Å². The lowest BCUT2D eigenvalue weighted by Crippen LogP contribution is -2.32. The van der Waals surface area contributed by atoms with E-state index >= 15 is 0 Å². The first-order chi connectivity index (χ1) is 8.15. The van der Waals surface area contributed by atoms with Gasteiger partial charge in [-0.1, -0.05) is 6.92 Å². The van der Waals surface area contributed by atoms with Crippen LogP contribution >= 0.6 is 0 Å². The average molecular weight is 232 g/mol. The Hall–Kier alpha value is -1.42. The van der Waals surface area contributed by atoms with E-state index in [1.165, 1.54) is 31.5 Å². The first-order valence-electron chi connectivity index (χ1n) is 6.17. The predicted molar refractivity (Wildman–Crippen MR) is 68.9 cm³/mol. The SMILES string of the molecule is CC1CCN(Cc2ccnc(C(=N)N)c2)CC1. The van der Waals surface area contributed by atoms with Gasteiger partial charge in [0, 0.05) is 12.7 Å². The van der Waals surface area contributed by atoms with E-state index in [1.54, 1.807) is 6.20 Å². The zero-order valence-corrected chi connectivity index (χ0v) is 10.3. The number of rotatable bonds is 3. The highest BCUT2D eigenvalue weighted by Gasteiger charge is 2.15. The largest absolute Gasteiger partial charge is 0.382 e. The van der Waals surface area contributed by atoms with Crippen molar-refractivity contribution >= 4 is 5.84 Å². The number of pyridine rings is 1. The number of nitrogens with one attached hydrogen (secondary N) is 1. The lowest BCUT2D eigenvalue weighted by Gasteiger charge is -2.30. The van der Waals surface area contributed by atoms with Gasteiger partial charge in [0.2, 0.25) is 0 Å². The Balaban J connectivity index is 1.98. The normalized spacial score (nSPS) is 18.2. The second-order valence-corrected chi connectivity index (χ2v) is 4.92. The molecule has 0 aliphatic carbocycles. The van der Waals surface area contributed by atoms with Gasteiger partial charge in [0.15, 0.2) is 0 Å². The standard InChI is InChI=1S/C13H20N4/c1-10-3-6-17(7-4-10)9-11-2-5-16-12(8-11)13(14)15/h2,5,8,10H,3-4,6-7,9H2,1H3,(H3,14,15). The third kappa shape index (κ3) is 3.27. The molecule has 4 nitrogen and oxygen atoms in total. The number of nitrogens with two attached hydrogens (primary N) is 1. The van der Waals surface area contributed by atoms with Crippen LogP contribution in [0.3, 0.4) is 0 Å². The van der Waals surface area contributed by atoms with Crippen molar-refractivity contribution in [1.82, 2.24) is 9.88 Å². The van der Waals surface area contributed by atoms with Crippen molar-refractivity contribution in [2.75, 3.05) is 13.1 Å². The number of nitrogens with zero attached hydrogens (tertiary/aromatic N) is 2. The molecule has 1 saturated heterocycles. The fourth-order valence-electron chi connectivity index (χ4n) is 2.20. The van der Waals surface area contributed by atoms with Crippen molar-refractivity contribution < 1.29 is 0 Å². The van der Waals surface area contributed by atoms with E-state index in [4.69, 9.17) is 11.1 Å². The van der Waals surface area contributed by atoms with Crippen LogP contribution in [-0.2, 0) is 6.54 Å². The van der Waals surface area contributed by atoms with Crippen LogP contribution < -0.4 is 5.73 Å². The van der Waals surface area contributed by atoms with Gasteiger partial charge in [0.1, 0.15) is 11.5 Å². The van der Waals surface area contributed by atoms with Crippen LogP contribution in [0.4, 0.5) is 0 Å². The molecule has 1 aliphatic rings. The van der Waals surface area contributed by atoms with Gasteiger partial charge >= 0.3 is 0 Å². The summed E-state index contributed by atoms with van der Waals surface area (Å²) in [6, 6.07) is 3.92. The topological polar surface area (TPSA) is 66.0 Å². The van der Waals surface area contributed by atoms with E-state index in [0.717, 1.165) is 12.5 Å². The van der Waals surface area contributed by atoms with E-state index in [2.05, 4.69) is 16.8 Å². The van der Waals surface area contributed by atoms with E-state index < -0.39 is 0 Å². The van der Waals surface area contributed by atoms with Crippen molar-refractivity contribution in [3.05, 3.63) is 29.6 Å². The number of hydrogen-bond acceptors (Lipinski definition) is 3. The molecular formula is C13H20N4. The number of piperidine rings is 1. The summed E-state index contributed by atoms with van der Waals surface area (Å²) >= 11 is 0. The minimum absolute atomic E-state index is 0.0408. The summed E-state index contributed by atoms with van der Waals surface area (Å²) in [5.41, 5.74) is 7.21. The monoisotopic (exact) mass is 232 g/mol. The predicted octanol–water partition coefficient (Wildman–Crippen LogP) is 1.60. The molecule has 0 amide bonds. The molecular weight excluding hydrogens is 212 g/mol. The Labute approximate surface area is 102 Å². The molecule has 3 N–H and O–H groups in total. The maximum absolute atomic E-state index is 7.38. The van der Waals surface area contributed by atoms with Crippen LogP contribution in [-0.4, -0.2) is 28.8 Å². The van der Waals surface area contributed by atoms with E-state index in [1.807, 2.05) is 12.1 Å². The summed E-state index contributed by atoms with van der Waals surface area (Å²) in [4.78, 5) is 6.53. The smallest absolute Gasteiger partial charge is 0.141 e. The minimum Gasteiger partial charge on any atom is -0.382 e. The number of aromatic nitrogens is 1. The summed E-state index contributed by atoms with van der Waals surface area (Å²) in [7, 11) is 0. The molecule has 0 spiro atoms. The first-order valence-corrected chi connectivity index (χ1v) is 6.17.